The third kappa shape index (κ3) is 3.97. The molecule has 0 saturated heterocycles. The summed E-state index contributed by atoms with van der Waals surface area (Å²) in [5, 5.41) is 0. The van der Waals surface area contributed by atoms with Crippen molar-refractivity contribution in [2.45, 2.75) is 26.4 Å². The van der Waals surface area contributed by atoms with E-state index >= 15 is 0 Å². The lowest BCUT2D eigenvalue weighted by Gasteiger charge is -2.31. The third-order valence-corrected chi connectivity index (χ3v) is 4.78. The lowest BCUT2D eigenvalue weighted by Crippen LogP contribution is -2.38. The number of nitrogens with zero attached hydrogens (tertiary/aromatic N) is 5. The average molecular weight is 327 g/mol. The highest BCUT2D eigenvalue weighted by Gasteiger charge is 2.22. The number of aryl methyl sites for hydroxylation is 1. The molecule has 0 unspecified atom stereocenters. The van der Waals surface area contributed by atoms with Crippen LogP contribution in [0.15, 0.2) is 30.6 Å². The summed E-state index contributed by atoms with van der Waals surface area (Å²) in [6, 6.07) is 8.86. The Hall–Kier alpha value is -1.85. The van der Waals surface area contributed by atoms with E-state index in [4.69, 9.17) is 0 Å². The predicted molar refractivity (Wildman–Crippen MR) is 99.3 cm³/mol. The minimum Gasteiger partial charge on any atom is -0.345 e. The minimum absolute atomic E-state index is 0.945. The molecule has 0 N–H and O–H groups in total. The molecule has 1 aliphatic heterocycles. The van der Waals surface area contributed by atoms with Crippen LogP contribution in [0, 0.1) is 6.92 Å². The van der Waals surface area contributed by atoms with Gasteiger partial charge in [0.05, 0.1) is 18.7 Å². The van der Waals surface area contributed by atoms with E-state index in [1.165, 1.54) is 16.8 Å². The van der Waals surface area contributed by atoms with Gasteiger partial charge in [0.1, 0.15) is 0 Å². The summed E-state index contributed by atoms with van der Waals surface area (Å²) in [5.41, 5.74) is 4.07. The van der Waals surface area contributed by atoms with Crippen LogP contribution in [0.2, 0.25) is 0 Å². The fourth-order valence-corrected chi connectivity index (χ4v) is 3.27. The van der Waals surface area contributed by atoms with E-state index in [2.05, 4.69) is 76.6 Å². The summed E-state index contributed by atoms with van der Waals surface area (Å²) >= 11 is 0. The van der Waals surface area contributed by atoms with Gasteiger partial charge in [0.25, 0.3) is 0 Å². The SMILES string of the molecule is Cc1ccc(CCN(C)CCn2cnc3c2CN(C)CN3C)cc1. The zero-order valence-corrected chi connectivity index (χ0v) is 15.4. The maximum atomic E-state index is 4.60. The van der Waals surface area contributed by atoms with E-state index in [0.29, 0.717) is 0 Å². The molecule has 0 bridgehead atoms. The first-order valence-electron chi connectivity index (χ1n) is 8.70. The number of aromatic nitrogens is 2. The molecule has 5 nitrogen and oxygen atoms in total. The Balaban J connectivity index is 1.51. The average Bonchev–Trinajstić information content (AvgIpc) is 2.95. The van der Waals surface area contributed by atoms with E-state index in [1.807, 2.05) is 6.33 Å². The molecule has 0 atom stereocenters. The molecule has 1 aromatic heterocycles. The number of benzene rings is 1. The Kier molecular flexibility index (Phi) is 5.21. The molecule has 2 aromatic rings. The molecule has 1 aliphatic rings. The maximum absolute atomic E-state index is 4.60. The van der Waals surface area contributed by atoms with E-state index in [-0.39, 0.29) is 0 Å². The monoisotopic (exact) mass is 327 g/mol. The van der Waals surface area contributed by atoms with Gasteiger partial charge >= 0.3 is 0 Å². The van der Waals surface area contributed by atoms with Crippen molar-refractivity contribution in [2.75, 3.05) is 45.8 Å². The van der Waals surface area contributed by atoms with Crippen LogP contribution in [0.5, 0.6) is 0 Å². The number of rotatable bonds is 6. The molecule has 0 fully saturated rings. The highest BCUT2D eigenvalue weighted by Crippen LogP contribution is 2.23. The Morgan fingerprint density at radius 1 is 1.12 bits per heavy atom. The van der Waals surface area contributed by atoms with E-state index < -0.39 is 0 Å². The molecule has 0 radical (unpaired) electrons. The Labute approximate surface area is 145 Å². The standard InChI is InChI=1S/C19H29N5/c1-16-5-7-17(8-6-16)9-10-21(2)11-12-24-14-20-19-18(24)13-22(3)15-23(19)4/h5-8,14H,9-13,15H2,1-4H3. The first-order valence-corrected chi connectivity index (χ1v) is 8.70. The molecule has 130 valence electrons. The number of imidazole rings is 1. The van der Waals surface area contributed by atoms with Crippen molar-refractivity contribution in [3.63, 3.8) is 0 Å². The summed E-state index contributed by atoms with van der Waals surface area (Å²) in [6.45, 7) is 7.18. The summed E-state index contributed by atoms with van der Waals surface area (Å²) in [4.78, 5) is 11.5. The summed E-state index contributed by atoms with van der Waals surface area (Å²) < 4.78 is 2.31. The quantitative estimate of drug-likeness (QED) is 0.813. The van der Waals surface area contributed by atoms with Gasteiger partial charge in [-0.1, -0.05) is 29.8 Å². The van der Waals surface area contributed by atoms with Crippen molar-refractivity contribution < 1.29 is 0 Å². The van der Waals surface area contributed by atoms with Gasteiger partial charge in [0.15, 0.2) is 5.82 Å². The molecule has 3 rings (SSSR count). The highest BCUT2D eigenvalue weighted by atomic mass is 15.4. The number of hydrogen-bond acceptors (Lipinski definition) is 4. The largest absolute Gasteiger partial charge is 0.345 e. The maximum Gasteiger partial charge on any atom is 0.152 e. The van der Waals surface area contributed by atoms with Crippen LogP contribution in [0.4, 0.5) is 5.82 Å². The van der Waals surface area contributed by atoms with Gasteiger partial charge in [0.2, 0.25) is 0 Å². The summed E-state index contributed by atoms with van der Waals surface area (Å²) in [5.74, 6) is 1.13. The van der Waals surface area contributed by atoms with Gasteiger partial charge < -0.3 is 14.4 Å². The molecular weight excluding hydrogens is 298 g/mol. The molecule has 24 heavy (non-hydrogen) atoms. The topological polar surface area (TPSA) is 27.5 Å². The lowest BCUT2D eigenvalue weighted by molar-refractivity contribution is 0.292. The molecule has 0 spiro atoms. The Morgan fingerprint density at radius 2 is 1.88 bits per heavy atom. The summed E-state index contributed by atoms with van der Waals surface area (Å²) in [7, 11) is 6.47. The number of likely N-dealkylation sites (N-methyl/N-ethyl adjacent to an activating group) is 1. The van der Waals surface area contributed by atoms with Crippen LogP contribution in [0.25, 0.3) is 0 Å². The fourth-order valence-electron chi connectivity index (χ4n) is 3.27. The second-order valence-corrected chi connectivity index (χ2v) is 7.10. The van der Waals surface area contributed by atoms with Crippen molar-refractivity contribution >= 4 is 5.82 Å². The van der Waals surface area contributed by atoms with Gasteiger partial charge in [-0.3, -0.25) is 4.90 Å². The smallest absolute Gasteiger partial charge is 0.152 e. The van der Waals surface area contributed by atoms with Crippen LogP contribution in [0.1, 0.15) is 16.8 Å². The Morgan fingerprint density at radius 3 is 2.62 bits per heavy atom. The van der Waals surface area contributed by atoms with Crippen LogP contribution in [0.3, 0.4) is 0 Å². The summed E-state index contributed by atoms with van der Waals surface area (Å²) in [6.07, 6.45) is 3.10. The van der Waals surface area contributed by atoms with Gasteiger partial charge in [0, 0.05) is 33.2 Å². The number of hydrogen-bond donors (Lipinski definition) is 0. The molecule has 0 amide bonds. The minimum atomic E-state index is 0.945. The van der Waals surface area contributed by atoms with Crippen molar-refractivity contribution in [3.05, 3.63) is 47.4 Å². The van der Waals surface area contributed by atoms with Crippen LogP contribution in [-0.2, 0) is 19.5 Å². The van der Waals surface area contributed by atoms with Crippen molar-refractivity contribution in [2.24, 2.45) is 0 Å². The third-order valence-electron chi connectivity index (χ3n) is 4.78. The van der Waals surface area contributed by atoms with E-state index in [9.17, 15) is 0 Å². The second-order valence-electron chi connectivity index (χ2n) is 7.10. The fraction of sp³-hybridized carbons (Fsp3) is 0.526. The number of anilines is 1. The Bertz CT molecular complexity index is 661. The van der Waals surface area contributed by atoms with Crippen LogP contribution in [-0.4, -0.2) is 60.3 Å². The van der Waals surface area contributed by atoms with Crippen LogP contribution >= 0.6 is 0 Å². The molecule has 5 heteroatoms. The predicted octanol–water partition coefficient (Wildman–Crippen LogP) is 2.21. The second kappa shape index (κ2) is 7.36. The zero-order valence-electron chi connectivity index (χ0n) is 15.4. The molecular formula is C19H29N5. The first kappa shape index (κ1) is 17.0. The molecule has 2 heterocycles. The van der Waals surface area contributed by atoms with Gasteiger partial charge in [-0.05, 0) is 33.0 Å². The van der Waals surface area contributed by atoms with Crippen molar-refractivity contribution in [3.8, 4) is 0 Å². The normalized spacial score (nSPS) is 15.1. The van der Waals surface area contributed by atoms with Crippen molar-refractivity contribution in [1.82, 2.24) is 19.4 Å². The first-order chi connectivity index (χ1) is 11.5. The van der Waals surface area contributed by atoms with Crippen molar-refractivity contribution in [1.29, 1.82) is 0 Å². The lowest BCUT2D eigenvalue weighted by atomic mass is 10.1. The number of fused-ring (bicyclic) bond motifs is 1. The van der Waals surface area contributed by atoms with E-state index in [1.54, 1.807) is 0 Å². The van der Waals surface area contributed by atoms with Gasteiger partial charge in [-0.25, -0.2) is 4.98 Å². The molecule has 0 aliphatic carbocycles. The van der Waals surface area contributed by atoms with Gasteiger partial charge in [-0.15, -0.1) is 0 Å². The molecule has 0 saturated carbocycles. The van der Waals surface area contributed by atoms with E-state index in [0.717, 1.165) is 45.1 Å². The highest BCUT2D eigenvalue weighted by molar-refractivity contribution is 5.45. The molecule has 1 aromatic carbocycles. The van der Waals surface area contributed by atoms with Crippen LogP contribution < -0.4 is 4.90 Å². The van der Waals surface area contributed by atoms with Gasteiger partial charge in [-0.2, -0.15) is 0 Å². The zero-order chi connectivity index (χ0) is 17.1.